The Kier molecular flexibility index (Phi) is 4.81. The summed E-state index contributed by atoms with van der Waals surface area (Å²) in [6, 6.07) is 0. The van der Waals surface area contributed by atoms with E-state index in [4.69, 9.17) is 4.52 Å². The number of carbonyl (C=O) groups is 1. The average molecular weight is 194 g/mol. The number of phosphoric acid groups is 1. The summed E-state index contributed by atoms with van der Waals surface area (Å²) in [5.74, 6) is 0.178. The summed E-state index contributed by atoms with van der Waals surface area (Å²) >= 11 is 0. The molecule has 5 nitrogen and oxygen atoms in total. The molecule has 0 N–H and O–H groups in total. The number of rotatable bonds is 5. The summed E-state index contributed by atoms with van der Waals surface area (Å²) in [5.41, 5.74) is 0. The molecule has 12 heavy (non-hydrogen) atoms. The lowest BCUT2D eigenvalue weighted by molar-refractivity contribution is -0.104. The lowest BCUT2D eigenvalue weighted by Crippen LogP contribution is -1.93. The third kappa shape index (κ3) is 3.67. The molecule has 0 spiro atoms. The van der Waals surface area contributed by atoms with Gasteiger partial charge in [0, 0.05) is 20.3 Å². The molecule has 0 atom stereocenters. The SMILES string of the molecule is COP(=O)(OC)O/C(C)=C/C=O. The maximum absolute atomic E-state index is 11.2. The summed E-state index contributed by atoms with van der Waals surface area (Å²) in [4.78, 5) is 9.95. The van der Waals surface area contributed by atoms with Gasteiger partial charge in [-0.2, -0.15) is 0 Å². The van der Waals surface area contributed by atoms with E-state index in [9.17, 15) is 9.36 Å². The molecule has 0 unspecified atom stereocenters. The van der Waals surface area contributed by atoms with Crippen molar-refractivity contribution in [3.05, 3.63) is 11.8 Å². The maximum atomic E-state index is 11.2. The number of hydrogen-bond acceptors (Lipinski definition) is 5. The molecular formula is C6H11O5P. The van der Waals surface area contributed by atoms with Crippen LogP contribution in [0.15, 0.2) is 11.8 Å². The molecule has 0 aromatic rings. The minimum Gasteiger partial charge on any atom is -0.409 e. The van der Waals surface area contributed by atoms with E-state index in [1.54, 1.807) is 0 Å². The van der Waals surface area contributed by atoms with Gasteiger partial charge < -0.3 is 4.52 Å². The van der Waals surface area contributed by atoms with E-state index >= 15 is 0 Å². The zero-order chi connectivity index (χ0) is 9.61. The molecule has 0 aromatic carbocycles. The van der Waals surface area contributed by atoms with Gasteiger partial charge in [0.25, 0.3) is 0 Å². The Morgan fingerprint density at radius 3 is 2.17 bits per heavy atom. The number of carbonyl (C=O) groups excluding carboxylic acids is 1. The van der Waals surface area contributed by atoms with Crippen molar-refractivity contribution in [2.24, 2.45) is 0 Å². The van der Waals surface area contributed by atoms with Gasteiger partial charge in [0.05, 0.1) is 0 Å². The Morgan fingerprint density at radius 1 is 1.33 bits per heavy atom. The fourth-order valence-corrected chi connectivity index (χ4v) is 1.16. The standard InChI is InChI=1S/C6H11O5P/c1-6(4-5-7)11-12(8,9-2)10-3/h4-5H,1-3H3/b6-4+. The number of allylic oxidation sites excluding steroid dienone is 2. The first kappa shape index (κ1) is 11.4. The highest BCUT2D eigenvalue weighted by Crippen LogP contribution is 2.49. The highest BCUT2D eigenvalue weighted by molar-refractivity contribution is 7.48. The normalized spacial score (nSPS) is 12.8. The number of phosphoric ester groups is 1. The summed E-state index contributed by atoms with van der Waals surface area (Å²) in [6.07, 6.45) is 1.63. The predicted octanol–water partition coefficient (Wildman–Crippen LogP) is 1.51. The van der Waals surface area contributed by atoms with Gasteiger partial charge in [-0.3, -0.25) is 13.8 Å². The summed E-state index contributed by atoms with van der Waals surface area (Å²) in [5, 5.41) is 0. The first-order valence-electron chi connectivity index (χ1n) is 3.11. The molecule has 70 valence electrons. The third-order valence-electron chi connectivity index (χ3n) is 1.01. The van der Waals surface area contributed by atoms with Crippen LogP contribution < -0.4 is 0 Å². The Labute approximate surface area is 70.9 Å². The molecule has 0 aliphatic heterocycles. The third-order valence-corrected chi connectivity index (χ3v) is 2.41. The van der Waals surface area contributed by atoms with Gasteiger partial charge in [0.2, 0.25) is 0 Å². The quantitative estimate of drug-likeness (QED) is 0.287. The van der Waals surface area contributed by atoms with Crippen molar-refractivity contribution in [1.29, 1.82) is 0 Å². The van der Waals surface area contributed by atoms with Crippen molar-refractivity contribution < 1.29 is 22.9 Å². The zero-order valence-corrected chi connectivity index (χ0v) is 8.04. The van der Waals surface area contributed by atoms with Crippen molar-refractivity contribution in [3.8, 4) is 0 Å². The van der Waals surface area contributed by atoms with Crippen LogP contribution in [-0.2, 0) is 22.9 Å². The fourth-order valence-electron chi connectivity index (χ4n) is 0.452. The number of aldehydes is 1. The van der Waals surface area contributed by atoms with Crippen molar-refractivity contribution in [2.45, 2.75) is 6.92 Å². The second-order valence-electron chi connectivity index (χ2n) is 1.82. The van der Waals surface area contributed by atoms with Crippen LogP contribution in [0.25, 0.3) is 0 Å². The smallest absolute Gasteiger partial charge is 0.409 e. The van der Waals surface area contributed by atoms with Crippen molar-refractivity contribution >= 4 is 14.1 Å². The Bertz CT molecular complexity index is 214. The van der Waals surface area contributed by atoms with Crippen LogP contribution in [-0.4, -0.2) is 20.5 Å². The van der Waals surface area contributed by atoms with E-state index in [1.165, 1.54) is 21.1 Å². The number of hydrogen-bond donors (Lipinski definition) is 0. The van der Waals surface area contributed by atoms with Crippen LogP contribution in [0.4, 0.5) is 0 Å². The lowest BCUT2D eigenvalue weighted by atomic mass is 10.5. The van der Waals surface area contributed by atoms with E-state index in [0.29, 0.717) is 6.29 Å². The summed E-state index contributed by atoms with van der Waals surface area (Å²) in [7, 11) is -1.11. The largest absolute Gasteiger partial charge is 0.529 e. The van der Waals surface area contributed by atoms with Crippen molar-refractivity contribution in [2.75, 3.05) is 14.2 Å². The maximum Gasteiger partial charge on any atom is 0.529 e. The van der Waals surface area contributed by atoms with Gasteiger partial charge in [-0.05, 0) is 6.92 Å². The average Bonchev–Trinajstić information content (AvgIpc) is 2.05. The predicted molar refractivity (Wildman–Crippen MR) is 42.5 cm³/mol. The molecule has 6 heteroatoms. The van der Waals surface area contributed by atoms with Gasteiger partial charge >= 0.3 is 7.82 Å². The lowest BCUT2D eigenvalue weighted by Gasteiger charge is -2.13. The van der Waals surface area contributed by atoms with E-state index in [1.807, 2.05) is 0 Å². The fraction of sp³-hybridized carbons (Fsp3) is 0.500. The van der Waals surface area contributed by atoms with Crippen LogP contribution in [0.1, 0.15) is 6.92 Å². The highest BCUT2D eigenvalue weighted by atomic mass is 31.2. The minimum atomic E-state index is -3.49. The molecule has 0 radical (unpaired) electrons. The molecule has 0 aliphatic rings. The van der Waals surface area contributed by atoms with Gasteiger partial charge in [0.1, 0.15) is 12.0 Å². The molecule has 0 aliphatic carbocycles. The second-order valence-corrected chi connectivity index (χ2v) is 3.62. The van der Waals surface area contributed by atoms with Gasteiger partial charge in [-0.1, -0.05) is 0 Å². The van der Waals surface area contributed by atoms with Crippen LogP contribution in [0.2, 0.25) is 0 Å². The van der Waals surface area contributed by atoms with E-state index in [-0.39, 0.29) is 5.76 Å². The topological polar surface area (TPSA) is 61.8 Å². The first-order valence-corrected chi connectivity index (χ1v) is 4.57. The first-order chi connectivity index (χ1) is 5.58. The molecule has 0 rings (SSSR count). The van der Waals surface area contributed by atoms with E-state index < -0.39 is 7.82 Å². The molecule has 0 saturated heterocycles. The Morgan fingerprint density at radius 2 is 1.83 bits per heavy atom. The monoisotopic (exact) mass is 194 g/mol. The molecular weight excluding hydrogens is 183 g/mol. The van der Waals surface area contributed by atoms with Gasteiger partial charge in [-0.25, -0.2) is 4.57 Å². The second kappa shape index (κ2) is 5.09. The van der Waals surface area contributed by atoms with Crippen molar-refractivity contribution in [1.82, 2.24) is 0 Å². The van der Waals surface area contributed by atoms with Crippen molar-refractivity contribution in [3.63, 3.8) is 0 Å². The molecule has 0 heterocycles. The Balaban J connectivity index is 4.31. The van der Waals surface area contributed by atoms with E-state index in [0.717, 1.165) is 6.08 Å². The molecule has 0 fully saturated rings. The molecule has 0 saturated carbocycles. The van der Waals surface area contributed by atoms with Crippen LogP contribution in [0.3, 0.4) is 0 Å². The van der Waals surface area contributed by atoms with Gasteiger partial charge in [0.15, 0.2) is 0 Å². The van der Waals surface area contributed by atoms with Gasteiger partial charge in [-0.15, -0.1) is 0 Å². The molecule has 0 bridgehead atoms. The zero-order valence-electron chi connectivity index (χ0n) is 7.14. The van der Waals surface area contributed by atoms with Crippen LogP contribution in [0, 0.1) is 0 Å². The van der Waals surface area contributed by atoms with Crippen LogP contribution >= 0.6 is 7.82 Å². The highest BCUT2D eigenvalue weighted by Gasteiger charge is 2.23. The molecule has 0 aromatic heterocycles. The van der Waals surface area contributed by atoms with E-state index in [2.05, 4.69) is 9.05 Å². The minimum absolute atomic E-state index is 0.178. The van der Waals surface area contributed by atoms with Crippen LogP contribution in [0.5, 0.6) is 0 Å². The molecule has 0 amide bonds. The summed E-state index contributed by atoms with van der Waals surface area (Å²) in [6.45, 7) is 1.47. The summed E-state index contributed by atoms with van der Waals surface area (Å²) < 4.78 is 24.8. The Hall–Kier alpha value is -0.640.